The van der Waals surface area contributed by atoms with E-state index in [1.54, 1.807) is 0 Å². The second kappa shape index (κ2) is 6.06. The van der Waals surface area contributed by atoms with Gasteiger partial charge in [-0.2, -0.15) is 0 Å². The van der Waals surface area contributed by atoms with Crippen molar-refractivity contribution >= 4 is 28.1 Å². The first kappa shape index (κ1) is 15.2. The van der Waals surface area contributed by atoms with Crippen molar-refractivity contribution in [3.05, 3.63) is 34.3 Å². The Kier molecular flexibility index (Phi) is 4.60. The first-order chi connectivity index (χ1) is 9.48. The zero-order valence-electron chi connectivity index (χ0n) is 11.6. The van der Waals surface area contributed by atoms with E-state index in [1.807, 2.05) is 31.2 Å². The normalized spacial score (nSPS) is 29.8. The highest BCUT2D eigenvalue weighted by atomic mass is 79.9. The fraction of sp³-hybridized carbons (Fsp3) is 0.467. The molecule has 0 aromatic heterocycles. The van der Waals surface area contributed by atoms with Crippen LogP contribution in [0.1, 0.15) is 25.8 Å². The fourth-order valence-electron chi connectivity index (χ4n) is 2.76. The molecule has 2 rings (SSSR count). The predicted molar refractivity (Wildman–Crippen MR) is 79.2 cm³/mol. The van der Waals surface area contributed by atoms with Crippen LogP contribution < -0.4 is 5.32 Å². The summed E-state index contributed by atoms with van der Waals surface area (Å²) in [6.07, 6.45) is 1.53. The van der Waals surface area contributed by atoms with Gasteiger partial charge < -0.3 is 14.8 Å². The summed E-state index contributed by atoms with van der Waals surface area (Å²) >= 11 is 3.43. The summed E-state index contributed by atoms with van der Waals surface area (Å²) in [6.45, 7) is 3.70. The van der Waals surface area contributed by atoms with Crippen LogP contribution >= 0.6 is 15.9 Å². The summed E-state index contributed by atoms with van der Waals surface area (Å²) in [4.78, 5) is 23.2. The van der Waals surface area contributed by atoms with E-state index < -0.39 is 5.54 Å². The van der Waals surface area contributed by atoms with Gasteiger partial charge in [0.15, 0.2) is 0 Å². The van der Waals surface area contributed by atoms with Gasteiger partial charge in [0.1, 0.15) is 6.29 Å². The standard InChI is InChI=1S/C15H18BrNO3/c1-10-6-13(8-18)15(9-20-10,17-11(2)19)12-4-3-5-14(16)7-12/h3-5,7-8,10,13H,6,9H2,1-2H3,(H,17,19)/t10-,13-,15+/m0/s1. The van der Waals surface area contributed by atoms with E-state index >= 15 is 0 Å². The quantitative estimate of drug-likeness (QED) is 0.860. The third-order valence-corrected chi connectivity index (χ3v) is 4.21. The van der Waals surface area contributed by atoms with E-state index in [2.05, 4.69) is 21.2 Å². The topological polar surface area (TPSA) is 55.4 Å². The lowest BCUT2D eigenvalue weighted by Gasteiger charge is -2.44. The van der Waals surface area contributed by atoms with Gasteiger partial charge >= 0.3 is 0 Å². The molecule has 0 aliphatic carbocycles. The van der Waals surface area contributed by atoms with Crippen molar-refractivity contribution in [1.82, 2.24) is 5.32 Å². The first-order valence-electron chi connectivity index (χ1n) is 6.59. The molecule has 1 amide bonds. The molecule has 1 aliphatic heterocycles. The number of carbonyl (C=O) groups is 2. The number of benzene rings is 1. The maximum atomic E-state index is 11.6. The van der Waals surface area contributed by atoms with Crippen LogP contribution in [0, 0.1) is 5.92 Å². The molecule has 0 bridgehead atoms. The van der Waals surface area contributed by atoms with Gasteiger partial charge in [0.2, 0.25) is 5.91 Å². The minimum Gasteiger partial charge on any atom is -0.376 e. The lowest BCUT2D eigenvalue weighted by Crippen LogP contribution is -2.58. The molecule has 1 aromatic rings. The van der Waals surface area contributed by atoms with Crippen molar-refractivity contribution in [2.24, 2.45) is 5.92 Å². The van der Waals surface area contributed by atoms with E-state index in [9.17, 15) is 9.59 Å². The number of nitrogens with one attached hydrogen (secondary N) is 1. The Labute approximate surface area is 127 Å². The number of rotatable bonds is 3. The molecular weight excluding hydrogens is 322 g/mol. The Balaban J connectivity index is 2.49. The monoisotopic (exact) mass is 339 g/mol. The van der Waals surface area contributed by atoms with Gasteiger partial charge in [0.25, 0.3) is 0 Å². The average molecular weight is 340 g/mol. The summed E-state index contributed by atoms with van der Waals surface area (Å²) < 4.78 is 6.64. The van der Waals surface area contributed by atoms with Crippen LogP contribution in [0.15, 0.2) is 28.7 Å². The summed E-state index contributed by atoms with van der Waals surface area (Å²) in [6, 6.07) is 7.64. The van der Waals surface area contributed by atoms with Crippen molar-refractivity contribution in [3.63, 3.8) is 0 Å². The molecule has 1 N–H and O–H groups in total. The molecule has 108 valence electrons. The minimum absolute atomic E-state index is 0.0132. The van der Waals surface area contributed by atoms with E-state index in [-0.39, 0.29) is 17.9 Å². The summed E-state index contributed by atoms with van der Waals surface area (Å²) in [5.41, 5.74) is 0.0928. The van der Waals surface area contributed by atoms with E-state index in [4.69, 9.17) is 4.74 Å². The van der Waals surface area contributed by atoms with Gasteiger partial charge in [-0.3, -0.25) is 4.79 Å². The number of hydrogen-bond acceptors (Lipinski definition) is 3. The van der Waals surface area contributed by atoms with Gasteiger partial charge in [0, 0.05) is 17.3 Å². The molecule has 20 heavy (non-hydrogen) atoms. The molecule has 0 radical (unpaired) electrons. The highest BCUT2D eigenvalue weighted by Crippen LogP contribution is 2.37. The first-order valence-corrected chi connectivity index (χ1v) is 7.39. The number of amides is 1. The zero-order chi connectivity index (χ0) is 14.8. The smallest absolute Gasteiger partial charge is 0.217 e. The van der Waals surface area contributed by atoms with Crippen molar-refractivity contribution in [1.29, 1.82) is 0 Å². The lowest BCUT2D eigenvalue weighted by atomic mass is 9.75. The van der Waals surface area contributed by atoms with Crippen molar-refractivity contribution in [2.75, 3.05) is 6.61 Å². The lowest BCUT2D eigenvalue weighted by molar-refractivity contribution is -0.133. The van der Waals surface area contributed by atoms with Crippen molar-refractivity contribution in [2.45, 2.75) is 31.9 Å². The Morgan fingerprint density at radius 3 is 2.90 bits per heavy atom. The molecule has 0 spiro atoms. The SMILES string of the molecule is CC(=O)N[C@@]1(c2cccc(Br)c2)CO[C@@H](C)C[C@H]1C=O. The third-order valence-electron chi connectivity index (χ3n) is 3.72. The largest absolute Gasteiger partial charge is 0.376 e. The van der Waals surface area contributed by atoms with Gasteiger partial charge in [-0.1, -0.05) is 28.1 Å². The van der Waals surface area contributed by atoms with Crippen molar-refractivity contribution in [3.8, 4) is 0 Å². The van der Waals surface area contributed by atoms with Crippen LogP contribution in [-0.2, 0) is 19.9 Å². The summed E-state index contributed by atoms with van der Waals surface area (Å²) in [7, 11) is 0. The van der Waals surface area contributed by atoms with Crippen LogP contribution in [-0.4, -0.2) is 24.9 Å². The Morgan fingerprint density at radius 2 is 2.30 bits per heavy atom. The number of hydrogen-bond donors (Lipinski definition) is 1. The maximum Gasteiger partial charge on any atom is 0.217 e. The molecule has 1 saturated heterocycles. The summed E-state index contributed by atoms with van der Waals surface area (Å²) in [5.74, 6) is -0.473. The molecule has 0 saturated carbocycles. The Morgan fingerprint density at radius 1 is 1.55 bits per heavy atom. The van der Waals surface area contributed by atoms with E-state index in [0.29, 0.717) is 13.0 Å². The molecule has 4 nitrogen and oxygen atoms in total. The third kappa shape index (κ3) is 2.94. The van der Waals surface area contributed by atoms with Gasteiger partial charge in [0.05, 0.1) is 18.2 Å². The molecule has 0 unspecified atom stereocenters. The average Bonchev–Trinajstić information content (AvgIpc) is 2.40. The number of aldehydes is 1. The number of halogens is 1. The molecule has 3 atom stereocenters. The van der Waals surface area contributed by atoms with Gasteiger partial charge in [-0.05, 0) is 31.0 Å². The van der Waals surface area contributed by atoms with Crippen LogP contribution in [0.5, 0.6) is 0 Å². The van der Waals surface area contributed by atoms with E-state index in [1.165, 1.54) is 6.92 Å². The molecule has 1 aliphatic rings. The van der Waals surface area contributed by atoms with Crippen LogP contribution in [0.3, 0.4) is 0 Å². The highest BCUT2D eigenvalue weighted by Gasteiger charge is 2.45. The molecule has 1 fully saturated rings. The van der Waals surface area contributed by atoms with E-state index in [0.717, 1.165) is 16.3 Å². The van der Waals surface area contributed by atoms with Crippen molar-refractivity contribution < 1.29 is 14.3 Å². The second-order valence-electron chi connectivity index (χ2n) is 5.26. The number of carbonyl (C=O) groups excluding carboxylic acids is 2. The molecule has 1 aromatic carbocycles. The second-order valence-corrected chi connectivity index (χ2v) is 6.18. The Bertz CT molecular complexity index is 520. The van der Waals surface area contributed by atoms with Crippen LogP contribution in [0.4, 0.5) is 0 Å². The maximum absolute atomic E-state index is 11.6. The molecule has 5 heteroatoms. The van der Waals surface area contributed by atoms with Gasteiger partial charge in [-0.25, -0.2) is 0 Å². The van der Waals surface area contributed by atoms with Gasteiger partial charge in [-0.15, -0.1) is 0 Å². The van der Waals surface area contributed by atoms with Crippen LogP contribution in [0.2, 0.25) is 0 Å². The Hall–Kier alpha value is -1.20. The fourth-order valence-corrected chi connectivity index (χ4v) is 3.16. The molecule has 1 heterocycles. The van der Waals surface area contributed by atoms with Crippen LogP contribution in [0.25, 0.3) is 0 Å². The minimum atomic E-state index is -0.788. The highest BCUT2D eigenvalue weighted by molar-refractivity contribution is 9.10. The number of ether oxygens (including phenoxy) is 1. The zero-order valence-corrected chi connectivity index (χ0v) is 13.1. The summed E-state index contributed by atoms with van der Waals surface area (Å²) in [5, 5.41) is 2.94. The predicted octanol–water partition coefficient (Wildman–Crippen LogP) is 2.40. The molecular formula is C15H18BrNO3.